The molecule has 0 radical (unpaired) electrons. The molecule has 3 rings (SSSR count). The minimum Gasteiger partial charge on any atom is -0.303 e. The van der Waals surface area contributed by atoms with Gasteiger partial charge in [0.05, 0.1) is 0 Å². The Labute approximate surface area is 160 Å². The molecule has 0 aliphatic rings. The van der Waals surface area contributed by atoms with Gasteiger partial charge in [0.1, 0.15) is 0 Å². The summed E-state index contributed by atoms with van der Waals surface area (Å²) >= 11 is 0. The molecule has 0 aliphatic carbocycles. The van der Waals surface area contributed by atoms with Gasteiger partial charge < -0.3 is 5.32 Å². The Hall–Kier alpha value is -1.95. The Morgan fingerprint density at radius 1 is 0.731 bits per heavy atom. The summed E-state index contributed by atoms with van der Waals surface area (Å²) < 4.78 is 0. The maximum Gasteiger partial charge on any atom is 0.0466 e. The van der Waals surface area contributed by atoms with E-state index in [0.29, 0.717) is 5.92 Å². The Kier molecular flexibility index (Phi) is 6.61. The molecule has 0 saturated heterocycles. The maximum atomic E-state index is 3.57. The van der Waals surface area contributed by atoms with E-state index in [1.807, 2.05) is 0 Å². The van der Waals surface area contributed by atoms with Crippen LogP contribution in [-0.2, 0) is 13.0 Å². The van der Waals surface area contributed by atoms with Crippen molar-refractivity contribution in [2.75, 3.05) is 0 Å². The smallest absolute Gasteiger partial charge is 0.0466 e. The molecule has 26 heavy (non-hydrogen) atoms. The van der Waals surface area contributed by atoms with E-state index in [0.717, 1.165) is 13.0 Å². The molecule has 3 aromatic rings. The largest absolute Gasteiger partial charge is 0.303 e. The lowest BCUT2D eigenvalue weighted by atomic mass is 9.97. The van der Waals surface area contributed by atoms with Crippen LogP contribution in [0.25, 0.3) is 0 Å². The highest BCUT2D eigenvalue weighted by Crippen LogP contribution is 2.22. The number of hydrogen-bond donors (Lipinski definition) is 1. The predicted molar refractivity (Wildman–Crippen MR) is 116 cm³/mol. The summed E-state index contributed by atoms with van der Waals surface area (Å²) in [4.78, 5) is 0. The molecule has 2 atom stereocenters. The van der Waals surface area contributed by atoms with Gasteiger partial charge in [0.25, 0.3) is 0 Å². The van der Waals surface area contributed by atoms with Crippen LogP contribution in [0.2, 0.25) is 0 Å². The van der Waals surface area contributed by atoms with Crippen molar-refractivity contribution in [3.63, 3.8) is 0 Å². The van der Waals surface area contributed by atoms with Gasteiger partial charge in [-0.25, -0.2) is 0 Å². The fourth-order valence-electron chi connectivity index (χ4n) is 3.08. The second-order valence-corrected chi connectivity index (χ2v) is 7.83. The molecule has 0 bridgehead atoms. The summed E-state index contributed by atoms with van der Waals surface area (Å²) in [5, 5.41) is 3.57. The second kappa shape index (κ2) is 9.12. The molecule has 0 saturated carbocycles. The molecule has 0 amide bonds. The average molecular weight is 361 g/mol. The first-order valence-electron chi connectivity index (χ1n) is 9.32. The molecular weight excluding hydrogens is 333 g/mol. The summed E-state index contributed by atoms with van der Waals surface area (Å²) in [6, 6.07) is 28.4. The van der Waals surface area contributed by atoms with Crippen molar-refractivity contribution in [2.45, 2.75) is 38.5 Å². The topological polar surface area (TPSA) is 12.0 Å². The normalized spacial score (nSPS) is 12.3. The zero-order valence-electron chi connectivity index (χ0n) is 15.7. The van der Waals surface area contributed by atoms with Gasteiger partial charge in [-0.2, -0.15) is 0 Å². The van der Waals surface area contributed by atoms with E-state index in [2.05, 4.69) is 107 Å². The van der Waals surface area contributed by atoms with Crippen molar-refractivity contribution in [2.24, 2.45) is 0 Å². The van der Waals surface area contributed by atoms with Gasteiger partial charge in [-0.3, -0.25) is 0 Å². The first kappa shape index (κ1) is 18.8. The molecule has 2 heteroatoms. The summed E-state index contributed by atoms with van der Waals surface area (Å²) in [6.07, 6.45) is 0.986. The van der Waals surface area contributed by atoms with Crippen LogP contribution in [0.3, 0.4) is 0 Å². The van der Waals surface area contributed by atoms with E-state index in [4.69, 9.17) is 0 Å². The molecule has 2 unspecified atom stereocenters. The van der Waals surface area contributed by atoms with E-state index in [1.165, 1.54) is 27.8 Å². The van der Waals surface area contributed by atoms with Gasteiger partial charge in [-0.15, -0.1) is 9.24 Å². The van der Waals surface area contributed by atoms with Crippen LogP contribution < -0.4 is 5.32 Å². The third-order valence-corrected chi connectivity index (χ3v) is 5.35. The van der Waals surface area contributed by atoms with Crippen LogP contribution in [0, 0.1) is 0 Å². The van der Waals surface area contributed by atoms with E-state index >= 15 is 0 Å². The third kappa shape index (κ3) is 5.27. The van der Waals surface area contributed by atoms with E-state index in [1.54, 1.807) is 0 Å². The lowest BCUT2D eigenvalue weighted by molar-refractivity contribution is 0.677. The first-order valence-corrected chi connectivity index (χ1v) is 9.99. The van der Waals surface area contributed by atoms with Crippen molar-refractivity contribution in [1.29, 1.82) is 0 Å². The van der Waals surface area contributed by atoms with Crippen molar-refractivity contribution in [3.05, 3.63) is 107 Å². The Bertz CT molecular complexity index is 809. The standard InChI is InChI=1S/C24H28NP/c1-18(2)23-10-6-9-21(16-23)15-19-11-13-22(14-12-19)24(26)25-17-20-7-4-3-5-8-20/h3-14,16,18,24-25H,15,17,26H2,1-2H3. The molecule has 0 aliphatic heterocycles. The molecule has 1 N–H and O–H groups in total. The predicted octanol–water partition coefficient (Wildman–Crippen LogP) is 6.06. The summed E-state index contributed by atoms with van der Waals surface area (Å²) in [5.41, 5.74) is 6.75. The van der Waals surface area contributed by atoms with Crippen molar-refractivity contribution in [3.8, 4) is 0 Å². The highest BCUT2D eigenvalue weighted by Gasteiger charge is 2.06. The molecular formula is C24H28NP. The van der Waals surface area contributed by atoms with Gasteiger partial charge in [-0.05, 0) is 40.2 Å². The SMILES string of the molecule is CC(C)c1cccc(Cc2ccc(C(P)NCc3ccccc3)cc2)c1. The lowest BCUT2D eigenvalue weighted by Gasteiger charge is -2.15. The van der Waals surface area contributed by atoms with Crippen molar-refractivity contribution >= 4 is 9.24 Å². The highest BCUT2D eigenvalue weighted by molar-refractivity contribution is 7.17. The van der Waals surface area contributed by atoms with Gasteiger partial charge in [0, 0.05) is 12.3 Å². The van der Waals surface area contributed by atoms with E-state index in [9.17, 15) is 0 Å². The lowest BCUT2D eigenvalue weighted by Crippen LogP contribution is -2.15. The fourth-order valence-corrected chi connectivity index (χ4v) is 3.42. The number of rotatable bonds is 7. The Balaban J connectivity index is 1.60. The molecule has 0 heterocycles. The van der Waals surface area contributed by atoms with Crippen LogP contribution in [0.4, 0.5) is 0 Å². The van der Waals surface area contributed by atoms with Crippen LogP contribution in [0.5, 0.6) is 0 Å². The highest BCUT2D eigenvalue weighted by atomic mass is 31.0. The number of nitrogens with one attached hydrogen (secondary N) is 1. The number of hydrogen-bond acceptors (Lipinski definition) is 1. The summed E-state index contributed by atoms with van der Waals surface area (Å²) in [7, 11) is 2.90. The minimum absolute atomic E-state index is 0.258. The van der Waals surface area contributed by atoms with E-state index < -0.39 is 0 Å². The molecule has 0 spiro atoms. The average Bonchev–Trinajstić information content (AvgIpc) is 2.68. The van der Waals surface area contributed by atoms with E-state index in [-0.39, 0.29) is 5.78 Å². The molecule has 0 fully saturated rings. The zero-order chi connectivity index (χ0) is 18.4. The molecule has 134 valence electrons. The summed E-state index contributed by atoms with van der Waals surface area (Å²) in [5.74, 6) is 0.833. The quantitative estimate of drug-likeness (QED) is 0.504. The van der Waals surface area contributed by atoms with Gasteiger partial charge in [0.15, 0.2) is 0 Å². The van der Waals surface area contributed by atoms with Crippen LogP contribution in [0.15, 0.2) is 78.9 Å². The second-order valence-electron chi connectivity index (χ2n) is 7.16. The fraction of sp³-hybridized carbons (Fsp3) is 0.250. The van der Waals surface area contributed by atoms with Crippen LogP contribution in [0.1, 0.15) is 53.4 Å². The number of benzene rings is 3. The van der Waals surface area contributed by atoms with Crippen molar-refractivity contribution in [1.82, 2.24) is 5.32 Å². The van der Waals surface area contributed by atoms with Crippen molar-refractivity contribution < 1.29 is 0 Å². The zero-order valence-corrected chi connectivity index (χ0v) is 16.8. The van der Waals surface area contributed by atoms with Gasteiger partial charge in [-0.1, -0.05) is 92.7 Å². The monoisotopic (exact) mass is 361 g/mol. The summed E-state index contributed by atoms with van der Waals surface area (Å²) in [6.45, 7) is 5.36. The Morgan fingerprint density at radius 2 is 1.42 bits per heavy atom. The molecule has 0 aromatic heterocycles. The first-order chi connectivity index (χ1) is 12.6. The molecule has 3 aromatic carbocycles. The third-order valence-electron chi connectivity index (χ3n) is 4.73. The van der Waals surface area contributed by atoms with Crippen LogP contribution in [-0.4, -0.2) is 0 Å². The van der Waals surface area contributed by atoms with Gasteiger partial charge >= 0.3 is 0 Å². The minimum atomic E-state index is 0.258. The molecule has 1 nitrogen and oxygen atoms in total. The maximum absolute atomic E-state index is 3.57. The van der Waals surface area contributed by atoms with Crippen LogP contribution >= 0.6 is 9.24 Å². The van der Waals surface area contributed by atoms with Gasteiger partial charge in [0.2, 0.25) is 0 Å². The Morgan fingerprint density at radius 3 is 2.12 bits per heavy atom.